The Morgan fingerprint density at radius 3 is 2.42 bits per heavy atom. The van der Waals surface area contributed by atoms with Crippen LogP contribution in [0.4, 0.5) is 0 Å². The molecule has 0 atom stereocenters. The van der Waals surface area contributed by atoms with Crippen molar-refractivity contribution in [2.75, 3.05) is 0 Å². The summed E-state index contributed by atoms with van der Waals surface area (Å²) in [5.74, 6) is 1.07. The summed E-state index contributed by atoms with van der Waals surface area (Å²) in [7, 11) is 0. The van der Waals surface area contributed by atoms with Gasteiger partial charge in [-0.15, -0.1) is 0 Å². The third-order valence-electron chi connectivity index (χ3n) is 4.08. The van der Waals surface area contributed by atoms with Crippen molar-refractivity contribution in [2.24, 2.45) is 0 Å². The topological polar surface area (TPSA) is 28.7 Å². The lowest BCUT2D eigenvalue weighted by Crippen LogP contribution is -2.08. The van der Waals surface area contributed by atoms with Crippen LogP contribution in [-0.2, 0) is 12.8 Å². The standard InChI is InChI=1S/C17H22N2/c1-10(2)15-6-12-7-17-13(5-14(12)9-18-15)8-16(19-17)11(3)4/h6,8-11,19H,5,7H2,1-4H3. The summed E-state index contributed by atoms with van der Waals surface area (Å²) in [6, 6.07) is 4.62. The second kappa shape index (κ2) is 4.52. The molecule has 2 heteroatoms. The maximum absolute atomic E-state index is 4.60. The van der Waals surface area contributed by atoms with E-state index >= 15 is 0 Å². The van der Waals surface area contributed by atoms with Gasteiger partial charge in [-0.2, -0.15) is 0 Å². The van der Waals surface area contributed by atoms with Gasteiger partial charge in [0.05, 0.1) is 0 Å². The van der Waals surface area contributed by atoms with Crippen molar-refractivity contribution in [3.63, 3.8) is 0 Å². The predicted molar refractivity (Wildman–Crippen MR) is 78.8 cm³/mol. The van der Waals surface area contributed by atoms with Crippen molar-refractivity contribution in [1.29, 1.82) is 0 Å². The molecule has 0 spiro atoms. The van der Waals surface area contributed by atoms with Gasteiger partial charge in [-0.25, -0.2) is 0 Å². The number of rotatable bonds is 2. The van der Waals surface area contributed by atoms with Gasteiger partial charge in [0.15, 0.2) is 0 Å². The SMILES string of the molecule is CC(C)c1cc2c(cn1)Cc1cc(C(C)C)[nH]c1C2. The molecule has 0 amide bonds. The van der Waals surface area contributed by atoms with Gasteiger partial charge in [0, 0.05) is 36.1 Å². The molecular formula is C17H22N2. The summed E-state index contributed by atoms with van der Waals surface area (Å²) in [5.41, 5.74) is 8.26. The molecule has 0 unspecified atom stereocenters. The van der Waals surface area contributed by atoms with E-state index in [0.29, 0.717) is 11.8 Å². The maximum atomic E-state index is 4.60. The summed E-state index contributed by atoms with van der Waals surface area (Å²) in [5, 5.41) is 0. The molecule has 1 N–H and O–H groups in total. The van der Waals surface area contributed by atoms with Crippen molar-refractivity contribution in [3.8, 4) is 0 Å². The average molecular weight is 254 g/mol. The fourth-order valence-electron chi connectivity index (χ4n) is 2.77. The Kier molecular flexibility index (Phi) is 2.96. The molecule has 0 saturated carbocycles. The van der Waals surface area contributed by atoms with Crippen LogP contribution in [-0.4, -0.2) is 9.97 Å². The van der Waals surface area contributed by atoms with Gasteiger partial charge in [-0.05, 0) is 40.7 Å². The molecular weight excluding hydrogens is 232 g/mol. The number of H-pyrrole nitrogens is 1. The zero-order chi connectivity index (χ0) is 13.6. The number of nitrogens with zero attached hydrogens (tertiary/aromatic N) is 1. The minimum absolute atomic E-state index is 0.501. The number of aromatic amines is 1. The van der Waals surface area contributed by atoms with E-state index in [1.54, 1.807) is 0 Å². The zero-order valence-electron chi connectivity index (χ0n) is 12.2. The Labute approximate surface area is 115 Å². The van der Waals surface area contributed by atoms with Crippen LogP contribution in [0.25, 0.3) is 0 Å². The van der Waals surface area contributed by atoms with E-state index in [1.807, 2.05) is 0 Å². The molecule has 0 saturated heterocycles. The highest BCUT2D eigenvalue weighted by Gasteiger charge is 2.19. The molecule has 0 aliphatic heterocycles. The largest absolute Gasteiger partial charge is 0.362 e. The van der Waals surface area contributed by atoms with Gasteiger partial charge in [-0.1, -0.05) is 27.7 Å². The third kappa shape index (κ3) is 2.20. The summed E-state index contributed by atoms with van der Waals surface area (Å²) >= 11 is 0. The summed E-state index contributed by atoms with van der Waals surface area (Å²) < 4.78 is 0. The van der Waals surface area contributed by atoms with Crippen LogP contribution in [0.15, 0.2) is 18.3 Å². The Bertz CT molecular complexity index is 606. The van der Waals surface area contributed by atoms with Gasteiger partial charge in [0.2, 0.25) is 0 Å². The number of aromatic nitrogens is 2. The molecule has 100 valence electrons. The van der Waals surface area contributed by atoms with Gasteiger partial charge in [0.1, 0.15) is 0 Å². The minimum Gasteiger partial charge on any atom is -0.362 e. The first kappa shape index (κ1) is 12.5. The van der Waals surface area contributed by atoms with E-state index in [2.05, 4.69) is 56.0 Å². The monoisotopic (exact) mass is 254 g/mol. The Morgan fingerprint density at radius 1 is 0.947 bits per heavy atom. The van der Waals surface area contributed by atoms with Crippen LogP contribution in [0.3, 0.4) is 0 Å². The summed E-state index contributed by atoms with van der Waals surface area (Å²) in [6.45, 7) is 8.88. The van der Waals surface area contributed by atoms with Crippen molar-refractivity contribution in [3.05, 3.63) is 52.1 Å². The lowest BCUT2D eigenvalue weighted by atomic mass is 9.90. The lowest BCUT2D eigenvalue weighted by molar-refractivity contribution is 0.805. The molecule has 2 heterocycles. The van der Waals surface area contributed by atoms with Crippen LogP contribution in [0.5, 0.6) is 0 Å². The molecule has 0 fully saturated rings. The Balaban J connectivity index is 1.97. The normalized spacial score (nSPS) is 13.8. The van der Waals surface area contributed by atoms with E-state index < -0.39 is 0 Å². The van der Waals surface area contributed by atoms with Crippen molar-refractivity contribution in [2.45, 2.75) is 52.4 Å². The van der Waals surface area contributed by atoms with Crippen molar-refractivity contribution in [1.82, 2.24) is 9.97 Å². The molecule has 2 aromatic heterocycles. The van der Waals surface area contributed by atoms with Crippen LogP contribution >= 0.6 is 0 Å². The lowest BCUT2D eigenvalue weighted by Gasteiger charge is -2.17. The van der Waals surface area contributed by atoms with Crippen LogP contribution in [0.2, 0.25) is 0 Å². The number of pyridine rings is 1. The van der Waals surface area contributed by atoms with E-state index in [4.69, 9.17) is 0 Å². The highest BCUT2D eigenvalue weighted by molar-refractivity contribution is 5.44. The van der Waals surface area contributed by atoms with E-state index in [0.717, 1.165) is 12.8 Å². The third-order valence-corrected chi connectivity index (χ3v) is 4.08. The zero-order valence-corrected chi connectivity index (χ0v) is 12.2. The van der Waals surface area contributed by atoms with Crippen molar-refractivity contribution < 1.29 is 0 Å². The van der Waals surface area contributed by atoms with E-state index in [9.17, 15) is 0 Å². The number of hydrogen-bond donors (Lipinski definition) is 1. The molecule has 2 aromatic rings. The van der Waals surface area contributed by atoms with Crippen molar-refractivity contribution >= 4 is 0 Å². The van der Waals surface area contributed by atoms with Crippen LogP contribution in [0.1, 0.15) is 73.3 Å². The highest BCUT2D eigenvalue weighted by atomic mass is 14.7. The first-order valence-corrected chi connectivity index (χ1v) is 7.23. The van der Waals surface area contributed by atoms with Crippen LogP contribution in [0, 0.1) is 0 Å². The fraction of sp³-hybridized carbons (Fsp3) is 0.471. The van der Waals surface area contributed by atoms with Gasteiger partial charge < -0.3 is 4.98 Å². The Morgan fingerprint density at radius 2 is 1.74 bits per heavy atom. The molecule has 1 aliphatic rings. The molecule has 19 heavy (non-hydrogen) atoms. The van der Waals surface area contributed by atoms with E-state index in [1.165, 1.54) is 33.8 Å². The van der Waals surface area contributed by atoms with Gasteiger partial charge >= 0.3 is 0 Å². The second-order valence-electron chi connectivity index (χ2n) is 6.27. The molecule has 2 nitrogen and oxygen atoms in total. The molecule has 0 bridgehead atoms. The predicted octanol–water partition coefficient (Wildman–Crippen LogP) is 4.15. The van der Waals surface area contributed by atoms with Gasteiger partial charge in [-0.3, -0.25) is 4.98 Å². The number of fused-ring (bicyclic) bond motifs is 2. The van der Waals surface area contributed by atoms with E-state index in [-0.39, 0.29) is 0 Å². The minimum atomic E-state index is 0.501. The smallest absolute Gasteiger partial charge is 0.0432 e. The Hall–Kier alpha value is -1.57. The summed E-state index contributed by atoms with van der Waals surface area (Å²) in [6.07, 6.45) is 4.13. The average Bonchev–Trinajstić information content (AvgIpc) is 2.78. The second-order valence-corrected chi connectivity index (χ2v) is 6.27. The first-order valence-electron chi connectivity index (χ1n) is 7.23. The molecule has 3 rings (SSSR count). The number of nitrogens with one attached hydrogen (secondary N) is 1. The first-order chi connectivity index (χ1) is 9.04. The number of hydrogen-bond acceptors (Lipinski definition) is 1. The molecule has 0 radical (unpaired) electrons. The maximum Gasteiger partial charge on any atom is 0.0432 e. The fourth-order valence-corrected chi connectivity index (χ4v) is 2.77. The molecule has 1 aliphatic carbocycles. The van der Waals surface area contributed by atoms with Crippen LogP contribution < -0.4 is 0 Å². The quantitative estimate of drug-likeness (QED) is 0.731. The molecule has 0 aromatic carbocycles. The summed E-state index contributed by atoms with van der Waals surface area (Å²) in [4.78, 5) is 8.20. The van der Waals surface area contributed by atoms with Gasteiger partial charge in [0.25, 0.3) is 0 Å². The highest BCUT2D eigenvalue weighted by Crippen LogP contribution is 2.30.